The van der Waals surface area contributed by atoms with Crippen molar-refractivity contribution in [1.29, 1.82) is 0 Å². The van der Waals surface area contributed by atoms with Crippen LogP contribution in [0.15, 0.2) is 23.0 Å². The lowest BCUT2D eigenvalue weighted by molar-refractivity contribution is 0.194. The molecule has 116 valence electrons. The normalized spacial score (nSPS) is 14.2. The molecule has 1 aromatic heterocycles. The van der Waals surface area contributed by atoms with Crippen LogP contribution < -0.4 is 10.9 Å². The first-order valence-electron chi connectivity index (χ1n) is 7.24. The molecule has 1 aliphatic carbocycles. The zero-order chi connectivity index (χ0) is 15.7. The molecule has 22 heavy (non-hydrogen) atoms. The van der Waals surface area contributed by atoms with E-state index >= 15 is 0 Å². The van der Waals surface area contributed by atoms with Crippen molar-refractivity contribution in [3.05, 3.63) is 40.2 Å². The van der Waals surface area contributed by atoms with E-state index in [2.05, 4.69) is 10.3 Å². The van der Waals surface area contributed by atoms with Gasteiger partial charge < -0.3 is 10.4 Å². The molecule has 0 spiro atoms. The summed E-state index contributed by atoms with van der Waals surface area (Å²) in [6.45, 7) is 0.289. The number of halogens is 1. The summed E-state index contributed by atoms with van der Waals surface area (Å²) in [4.78, 5) is 27.4. The molecule has 6 nitrogen and oxygen atoms in total. The molecule has 1 amide bonds. The molecule has 0 atom stereocenters. The maximum atomic E-state index is 13.9. The zero-order valence-electron chi connectivity index (χ0n) is 11.9. The van der Waals surface area contributed by atoms with E-state index in [0.717, 1.165) is 12.8 Å². The number of hydrogen-bond donors (Lipinski definition) is 2. The van der Waals surface area contributed by atoms with Gasteiger partial charge in [-0.1, -0.05) is 6.07 Å². The first-order valence-corrected chi connectivity index (χ1v) is 7.24. The van der Waals surface area contributed by atoms with Crippen molar-refractivity contribution in [3.63, 3.8) is 0 Å². The number of amides is 1. The first-order chi connectivity index (χ1) is 10.6. The molecule has 0 unspecified atom stereocenters. The third-order valence-corrected chi connectivity index (χ3v) is 3.72. The minimum Gasteiger partial charge on any atom is -0.465 e. The summed E-state index contributed by atoms with van der Waals surface area (Å²) in [6.07, 6.45) is 1.71. The van der Waals surface area contributed by atoms with Crippen molar-refractivity contribution in [2.24, 2.45) is 0 Å². The molecule has 0 saturated heterocycles. The van der Waals surface area contributed by atoms with Crippen LogP contribution in [-0.4, -0.2) is 27.3 Å². The lowest BCUT2D eigenvalue weighted by Crippen LogP contribution is -2.27. The van der Waals surface area contributed by atoms with Gasteiger partial charge in [0.1, 0.15) is 17.0 Å². The summed E-state index contributed by atoms with van der Waals surface area (Å²) in [5.41, 5.74) is 0.00916. The van der Waals surface area contributed by atoms with Crippen LogP contribution in [0, 0.1) is 5.82 Å². The second-order valence-electron chi connectivity index (χ2n) is 5.40. The van der Waals surface area contributed by atoms with E-state index in [-0.39, 0.29) is 23.5 Å². The van der Waals surface area contributed by atoms with Crippen LogP contribution in [-0.2, 0) is 6.42 Å². The lowest BCUT2D eigenvalue weighted by atomic mass is 10.2. The topological polar surface area (TPSA) is 84.2 Å². The Labute approximate surface area is 125 Å². The molecule has 0 bridgehead atoms. The van der Waals surface area contributed by atoms with Crippen molar-refractivity contribution in [1.82, 2.24) is 14.9 Å². The number of benzene rings is 1. The number of fused-ring (bicyclic) bond motifs is 1. The monoisotopic (exact) mass is 305 g/mol. The minimum atomic E-state index is -1.08. The Balaban J connectivity index is 1.96. The van der Waals surface area contributed by atoms with Crippen LogP contribution >= 0.6 is 0 Å². The van der Waals surface area contributed by atoms with Crippen LogP contribution in [0.25, 0.3) is 10.9 Å². The Morgan fingerprint density at radius 3 is 2.91 bits per heavy atom. The molecule has 1 aliphatic rings. The average molecular weight is 305 g/mol. The third kappa shape index (κ3) is 2.79. The van der Waals surface area contributed by atoms with Gasteiger partial charge in [-0.2, -0.15) is 0 Å². The summed E-state index contributed by atoms with van der Waals surface area (Å²) >= 11 is 0. The molecule has 3 rings (SSSR count). The number of rotatable bonds is 5. The number of aryl methyl sites for hydroxylation is 1. The van der Waals surface area contributed by atoms with Gasteiger partial charge in [0.25, 0.3) is 5.56 Å². The number of nitrogens with one attached hydrogen (secondary N) is 1. The van der Waals surface area contributed by atoms with Crippen molar-refractivity contribution < 1.29 is 14.3 Å². The molecule has 1 heterocycles. The van der Waals surface area contributed by atoms with E-state index in [1.165, 1.54) is 12.1 Å². The predicted molar refractivity (Wildman–Crippen MR) is 78.6 cm³/mol. The van der Waals surface area contributed by atoms with Gasteiger partial charge >= 0.3 is 6.09 Å². The quantitative estimate of drug-likeness (QED) is 0.828. The van der Waals surface area contributed by atoms with Gasteiger partial charge in [0.2, 0.25) is 0 Å². The third-order valence-electron chi connectivity index (χ3n) is 3.72. The summed E-state index contributed by atoms with van der Waals surface area (Å²) in [5, 5.41) is 10.9. The standard InChI is InChI=1S/C15H16FN3O3/c16-10-3-1-4-11-13(10)14(20)19(9-6-7-9)12(18-11)5-2-8-17-15(21)22/h1,3-4,9,17H,2,5-8H2,(H,21,22). The van der Waals surface area contributed by atoms with E-state index in [1.54, 1.807) is 10.6 Å². The Morgan fingerprint density at radius 1 is 1.45 bits per heavy atom. The Bertz CT molecular complexity index is 783. The molecule has 2 N–H and O–H groups in total. The number of carboxylic acid groups (broad SMARTS) is 1. The summed E-state index contributed by atoms with van der Waals surface area (Å²) in [6, 6.07) is 4.50. The molecule has 1 aromatic carbocycles. The maximum absolute atomic E-state index is 13.9. The van der Waals surface area contributed by atoms with Crippen LogP contribution in [0.4, 0.5) is 9.18 Å². The van der Waals surface area contributed by atoms with Gasteiger partial charge in [-0.25, -0.2) is 14.2 Å². The second-order valence-corrected chi connectivity index (χ2v) is 5.40. The molecule has 0 aliphatic heterocycles. The van der Waals surface area contributed by atoms with Gasteiger partial charge in [-0.15, -0.1) is 0 Å². The molecule has 1 fully saturated rings. The number of aromatic nitrogens is 2. The van der Waals surface area contributed by atoms with Gasteiger partial charge in [-0.05, 0) is 31.4 Å². The number of hydrogen-bond acceptors (Lipinski definition) is 3. The van der Waals surface area contributed by atoms with E-state index in [1.807, 2.05) is 0 Å². The van der Waals surface area contributed by atoms with Crippen LogP contribution in [0.1, 0.15) is 31.1 Å². The number of carbonyl (C=O) groups is 1. The van der Waals surface area contributed by atoms with Gasteiger partial charge in [0, 0.05) is 19.0 Å². The molecule has 7 heteroatoms. The molecule has 2 aromatic rings. The molecule has 1 saturated carbocycles. The number of nitrogens with zero attached hydrogens (tertiary/aromatic N) is 2. The smallest absolute Gasteiger partial charge is 0.404 e. The van der Waals surface area contributed by atoms with E-state index in [0.29, 0.717) is 24.2 Å². The van der Waals surface area contributed by atoms with Crippen molar-refractivity contribution >= 4 is 17.0 Å². The van der Waals surface area contributed by atoms with Crippen molar-refractivity contribution in [2.75, 3.05) is 6.54 Å². The van der Waals surface area contributed by atoms with E-state index < -0.39 is 11.9 Å². The van der Waals surface area contributed by atoms with Gasteiger partial charge in [0.05, 0.1) is 5.52 Å². The predicted octanol–water partition coefficient (Wildman–Crippen LogP) is 2.07. The van der Waals surface area contributed by atoms with Crippen molar-refractivity contribution in [3.8, 4) is 0 Å². The zero-order valence-corrected chi connectivity index (χ0v) is 11.9. The highest BCUT2D eigenvalue weighted by atomic mass is 19.1. The summed E-state index contributed by atoms with van der Waals surface area (Å²) in [5.74, 6) is 0.0429. The highest BCUT2D eigenvalue weighted by Gasteiger charge is 2.28. The molecular weight excluding hydrogens is 289 g/mol. The van der Waals surface area contributed by atoms with Gasteiger partial charge in [0.15, 0.2) is 0 Å². The lowest BCUT2D eigenvalue weighted by Gasteiger charge is -2.13. The highest BCUT2D eigenvalue weighted by Crippen LogP contribution is 2.35. The fourth-order valence-electron chi connectivity index (χ4n) is 2.58. The fourth-order valence-corrected chi connectivity index (χ4v) is 2.58. The maximum Gasteiger partial charge on any atom is 0.404 e. The fraction of sp³-hybridized carbons (Fsp3) is 0.400. The summed E-state index contributed by atoms with van der Waals surface area (Å²) in [7, 11) is 0. The average Bonchev–Trinajstić information content (AvgIpc) is 3.28. The Morgan fingerprint density at radius 2 is 2.23 bits per heavy atom. The first kappa shape index (κ1) is 14.5. The largest absolute Gasteiger partial charge is 0.465 e. The van der Waals surface area contributed by atoms with Crippen molar-refractivity contribution in [2.45, 2.75) is 31.7 Å². The van der Waals surface area contributed by atoms with Gasteiger partial charge in [-0.3, -0.25) is 9.36 Å². The van der Waals surface area contributed by atoms with E-state index in [9.17, 15) is 14.0 Å². The van der Waals surface area contributed by atoms with Crippen LogP contribution in [0.5, 0.6) is 0 Å². The summed E-state index contributed by atoms with van der Waals surface area (Å²) < 4.78 is 15.5. The Hall–Kier alpha value is -2.44. The Kier molecular flexibility index (Phi) is 3.79. The minimum absolute atomic E-state index is 0.0295. The highest BCUT2D eigenvalue weighted by molar-refractivity contribution is 5.78. The van der Waals surface area contributed by atoms with E-state index in [4.69, 9.17) is 5.11 Å². The molecule has 0 radical (unpaired) electrons. The SMILES string of the molecule is O=C(O)NCCCc1nc2cccc(F)c2c(=O)n1C1CC1. The van der Waals surface area contributed by atoms with Crippen LogP contribution in [0.2, 0.25) is 0 Å². The van der Waals surface area contributed by atoms with Crippen LogP contribution in [0.3, 0.4) is 0 Å². The second kappa shape index (κ2) is 5.75. The molecular formula is C15H16FN3O3.